The van der Waals surface area contributed by atoms with E-state index in [9.17, 15) is 0 Å². The Morgan fingerprint density at radius 3 is 2.78 bits per heavy atom. The highest BCUT2D eigenvalue weighted by Gasteiger charge is 2.38. The largest absolute Gasteiger partial charge is 0.469 e. The van der Waals surface area contributed by atoms with E-state index in [4.69, 9.17) is 9.41 Å². The first kappa shape index (κ1) is 18.1. The number of benzene rings is 1. The molecular weight excluding hydrogens is 336 g/mol. The molecule has 0 amide bonds. The summed E-state index contributed by atoms with van der Waals surface area (Å²) in [6, 6.07) is 16.3. The first-order valence-electron chi connectivity index (χ1n) is 10.1. The van der Waals surface area contributed by atoms with Gasteiger partial charge in [-0.05, 0) is 43.9 Å². The van der Waals surface area contributed by atoms with E-state index in [1.165, 1.54) is 24.8 Å². The van der Waals surface area contributed by atoms with Crippen LogP contribution in [0.2, 0.25) is 0 Å². The number of likely N-dealkylation sites (tertiary alicyclic amines) is 1. The summed E-state index contributed by atoms with van der Waals surface area (Å²) < 4.78 is 5.43. The highest BCUT2D eigenvalue weighted by atomic mass is 16.3. The second kappa shape index (κ2) is 8.61. The average Bonchev–Trinajstić information content (AvgIpc) is 3.26. The molecule has 2 aromatic rings. The molecule has 1 aliphatic carbocycles. The molecule has 0 spiro atoms. The Bertz CT molecular complexity index is 724. The van der Waals surface area contributed by atoms with E-state index in [-0.39, 0.29) is 0 Å². The zero-order valence-electron chi connectivity index (χ0n) is 16.1. The van der Waals surface area contributed by atoms with Crippen molar-refractivity contribution in [2.24, 2.45) is 4.99 Å². The SMILES string of the molecule is CC1CC(NC(=NCc2ccccc2)NCCc2ccco2)CN1C1CC1. The molecule has 2 unspecified atom stereocenters. The molecule has 0 bridgehead atoms. The molecular formula is C22H30N4O. The highest BCUT2D eigenvalue weighted by molar-refractivity contribution is 5.80. The first-order valence-corrected chi connectivity index (χ1v) is 10.1. The molecule has 2 aliphatic rings. The van der Waals surface area contributed by atoms with Gasteiger partial charge < -0.3 is 15.1 Å². The highest BCUT2D eigenvalue weighted by Crippen LogP contribution is 2.33. The Morgan fingerprint density at radius 1 is 1.19 bits per heavy atom. The van der Waals surface area contributed by atoms with Gasteiger partial charge in [0.05, 0.1) is 12.8 Å². The molecule has 0 radical (unpaired) electrons. The maximum absolute atomic E-state index is 5.43. The maximum Gasteiger partial charge on any atom is 0.191 e. The molecule has 1 saturated heterocycles. The molecule has 1 aromatic carbocycles. The zero-order valence-corrected chi connectivity index (χ0v) is 16.1. The number of nitrogens with zero attached hydrogens (tertiary/aromatic N) is 2. The fraction of sp³-hybridized carbons (Fsp3) is 0.500. The second-order valence-corrected chi connectivity index (χ2v) is 7.76. The summed E-state index contributed by atoms with van der Waals surface area (Å²) in [6.07, 6.45) is 6.50. The van der Waals surface area contributed by atoms with Crippen LogP contribution in [0.15, 0.2) is 58.1 Å². The quantitative estimate of drug-likeness (QED) is 0.584. The van der Waals surface area contributed by atoms with Gasteiger partial charge in [0.25, 0.3) is 0 Å². The monoisotopic (exact) mass is 366 g/mol. The van der Waals surface area contributed by atoms with Gasteiger partial charge in [0, 0.05) is 37.6 Å². The van der Waals surface area contributed by atoms with Gasteiger partial charge in [0.2, 0.25) is 0 Å². The van der Waals surface area contributed by atoms with E-state index >= 15 is 0 Å². The summed E-state index contributed by atoms with van der Waals surface area (Å²) in [5.41, 5.74) is 1.23. The molecule has 2 heterocycles. The lowest BCUT2D eigenvalue weighted by molar-refractivity contribution is 0.256. The van der Waals surface area contributed by atoms with Gasteiger partial charge in [-0.3, -0.25) is 4.90 Å². The summed E-state index contributed by atoms with van der Waals surface area (Å²) in [6.45, 7) is 4.97. The fourth-order valence-electron chi connectivity index (χ4n) is 3.93. The third-order valence-corrected chi connectivity index (χ3v) is 5.49. The Kier molecular flexibility index (Phi) is 5.78. The van der Waals surface area contributed by atoms with Crippen molar-refractivity contribution in [3.63, 3.8) is 0 Å². The van der Waals surface area contributed by atoms with Crippen LogP contribution in [0.4, 0.5) is 0 Å². The van der Waals surface area contributed by atoms with Gasteiger partial charge in [-0.1, -0.05) is 30.3 Å². The molecule has 1 aliphatic heterocycles. The zero-order chi connectivity index (χ0) is 18.5. The number of furan rings is 1. The van der Waals surface area contributed by atoms with Crippen molar-refractivity contribution in [2.75, 3.05) is 13.1 Å². The Balaban J connectivity index is 1.35. The van der Waals surface area contributed by atoms with E-state index < -0.39 is 0 Å². The van der Waals surface area contributed by atoms with Gasteiger partial charge in [-0.15, -0.1) is 0 Å². The van der Waals surface area contributed by atoms with Gasteiger partial charge in [-0.2, -0.15) is 0 Å². The Morgan fingerprint density at radius 2 is 2.04 bits per heavy atom. The van der Waals surface area contributed by atoms with Crippen molar-refractivity contribution in [2.45, 2.75) is 57.3 Å². The third kappa shape index (κ3) is 5.13. The van der Waals surface area contributed by atoms with Crippen LogP contribution in [0.25, 0.3) is 0 Å². The summed E-state index contributed by atoms with van der Waals surface area (Å²) in [5, 5.41) is 7.17. The summed E-state index contributed by atoms with van der Waals surface area (Å²) in [5.74, 6) is 1.90. The minimum Gasteiger partial charge on any atom is -0.469 e. The standard InChI is InChI=1S/C22H30N4O/c1-17-14-19(16-26(17)20-9-10-20)25-22(23-12-11-21-8-5-13-27-21)24-15-18-6-3-2-4-7-18/h2-8,13,17,19-20H,9-12,14-16H2,1H3,(H2,23,24,25). The van der Waals surface area contributed by atoms with Crippen LogP contribution in [-0.2, 0) is 13.0 Å². The smallest absolute Gasteiger partial charge is 0.191 e. The van der Waals surface area contributed by atoms with Gasteiger partial charge in [-0.25, -0.2) is 4.99 Å². The number of guanidine groups is 1. The lowest BCUT2D eigenvalue weighted by Crippen LogP contribution is -2.45. The van der Waals surface area contributed by atoms with Crippen molar-refractivity contribution in [1.82, 2.24) is 15.5 Å². The molecule has 4 rings (SSSR count). The van der Waals surface area contributed by atoms with E-state index in [1.54, 1.807) is 6.26 Å². The summed E-state index contributed by atoms with van der Waals surface area (Å²) in [4.78, 5) is 7.49. The van der Waals surface area contributed by atoms with Gasteiger partial charge >= 0.3 is 0 Å². The minimum absolute atomic E-state index is 0.464. The Hall–Kier alpha value is -2.27. The fourth-order valence-corrected chi connectivity index (χ4v) is 3.93. The number of aliphatic imine (C=N–C) groups is 1. The Labute approximate surface area is 161 Å². The lowest BCUT2D eigenvalue weighted by Gasteiger charge is -2.20. The average molecular weight is 367 g/mol. The topological polar surface area (TPSA) is 52.8 Å². The van der Waals surface area contributed by atoms with Gasteiger partial charge in [0.1, 0.15) is 5.76 Å². The van der Waals surface area contributed by atoms with Crippen LogP contribution >= 0.6 is 0 Å². The van der Waals surface area contributed by atoms with E-state index in [1.807, 2.05) is 18.2 Å². The molecule has 5 heteroatoms. The van der Waals surface area contributed by atoms with Crippen molar-refractivity contribution in [3.05, 3.63) is 60.1 Å². The van der Waals surface area contributed by atoms with Crippen molar-refractivity contribution in [1.29, 1.82) is 0 Å². The van der Waals surface area contributed by atoms with E-state index in [0.29, 0.717) is 18.6 Å². The first-order chi connectivity index (χ1) is 13.3. The maximum atomic E-state index is 5.43. The van der Waals surface area contributed by atoms with Crippen molar-refractivity contribution in [3.8, 4) is 0 Å². The second-order valence-electron chi connectivity index (χ2n) is 7.76. The number of hydrogen-bond acceptors (Lipinski definition) is 3. The van der Waals surface area contributed by atoms with Crippen molar-refractivity contribution < 1.29 is 4.42 Å². The molecule has 144 valence electrons. The summed E-state index contributed by atoms with van der Waals surface area (Å²) >= 11 is 0. The van der Waals surface area contributed by atoms with Crippen LogP contribution in [-0.4, -0.2) is 42.1 Å². The predicted molar refractivity (Wildman–Crippen MR) is 109 cm³/mol. The van der Waals surface area contributed by atoms with Crippen molar-refractivity contribution >= 4 is 5.96 Å². The van der Waals surface area contributed by atoms with E-state index in [2.05, 4.69) is 46.7 Å². The van der Waals surface area contributed by atoms with Crippen LogP contribution in [0, 0.1) is 0 Å². The molecule has 1 aromatic heterocycles. The van der Waals surface area contributed by atoms with Crippen LogP contribution in [0.5, 0.6) is 0 Å². The van der Waals surface area contributed by atoms with Crippen LogP contribution in [0.3, 0.4) is 0 Å². The molecule has 2 atom stereocenters. The molecule has 2 fully saturated rings. The molecule has 1 saturated carbocycles. The summed E-state index contributed by atoms with van der Waals surface area (Å²) in [7, 11) is 0. The predicted octanol–water partition coefficient (Wildman–Crippen LogP) is 3.18. The molecule has 2 N–H and O–H groups in total. The lowest BCUT2D eigenvalue weighted by atomic mass is 10.2. The molecule has 27 heavy (non-hydrogen) atoms. The normalized spacial score (nSPS) is 23.5. The van der Waals surface area contributed by atoms with Crippen LogP contribution in [0.1, 0.15) is 37.5 Å². The minimum atomic E-state index is 0.464. The van der Waals surface area contributed by atoms with E-state index in [0.717, 1.165) is 37.3 Å². The number of hydrogen-bond donors (Lipinski definition) is 2. The number of nitrogens with one attached hydrogen (secondary N) is 2. The van der Waals surface area contributed by atoms with Gasteiger partial charge in [0.15, 0.2) is 5.96 Å². The van der Waals surface area contributed by atoms with Crippen LogP contribution < -0.4 is 10.6 Å². The number of rotatable bonds is 7. The third-order valence-electron chi connectivity index (χ3n) is 5.49. The molecule has 5 nitrogen and oxygen atoms in total.